The Morgan fingerprint density at radius 2 is 1.74 bits per heavy atom. The number of non-ortho nitro benzene ring substituents is 1. The predicted octanol–water partition coefficient (Wildman–Crippen LogP) is 2.36. The number of hydrogen-bond donors (Lipinski definition) is 0. The van der Waals surface area contributed by atoms with Crippen LogP contribution in [0.5, 0.6) is 17.2 Å². The lowest BCUT2D eigenvalue weighted by molar-refractivity contribution is -0.394. The van der Waals surface area contributed by atoms with Gasteiger partial charge in [-0.2, -0.15) is 0 Å². The Hall–Kier alpha value is -4.22. The molecular formula is C19H16N2O10. The summed E-state index contributed by atoms with van der Waals surface area (Å²) in [7, 11) is 3.75. The first-order valence-corrected chi connectivity index (χ1v) is 8.71. The highest BCUT2D eigenvalue weighted by Crippen LogP contribution is 2.51. The molecule has 1 aliphatic heterocycles. The number of nitro benzene ring substituents is 2. The number of nitro groups is 2. The maximum absolute atomic E-state index is 12.7. The van der Waals surface area contributed by atoms with Gasteiger partial charge in [0.25, 0.3) is 11.4 Å². The van der Waals surface area contributed by atoms with Crippen molar-refractivity contribution >= 4 is 23.3 Å². The van der Waals surface area contributed by atoms with Gasteiger partial charge in [0.2, 0.25) is 0 Å². The van der Waals surface area contributed by atoms with Gasteiger partial charge in [0, 0.05) is 35.2 Å². The number of ether oxygens (including phenoxy) is 4. The summed E-state index contributed by atoms with van der Waals surface area (Å²) in [5, 5.41) is 22.8. The Labute approximate surface area is 174 Å². The van der Waals surface area contributed by atoms with Crippen molar-refractivity contribution in [3.05, 3.63) is 61.7 Å². The quantitative estimate of drug-likeness (QED) is 0.218. The standard InChI is InChI=1S/C19H16N2O10/c1-28-10-7-13(29-2)16-14(8-10)31-19(23)17(18(22)30-3)15(16)11-5-4-9(20(24)25)6-12(11)21(26)27/h4-8,15,17H,1-3H3/t15-,17-/m1/s1. The molecule has 0 radical (unpaired) electrons. The van der Waals surface area contributed by atoms with Crippen molar-refractivity contribution in [2.24, 2.45) is 5.92 Å². The molecule has 0 N–H and O–H groups in total. The lowest BCUT2D eigenvalue weighted by atomic mass is 9.77. The zero-order chi connectivity index (χ0) is 22.9. The van der Waals surface area contributed by atoms with E-state index in [1.165, 1.54) is 26.4 Å². The van der Waals surface area contributed by atoms with E-state index in [1.54, 1.807) is 0 Å². The number of methoxy groups -OCH3 is 3. The zero-order valence-corrected chi connectivity index (χ0v) is 16.5. The zero-order valence-electron chi connectivity index (χ0n) is 16.5. The average molecular weight is 432 g/mol. The highest BCUT2D eigenvalue weighted by atomic mass is 16.6. The molecular weight excluding hydrogens is 416 g/mol. The van der Waals surface area contributed by atoms with Crippen LogP contribution in [0.25, 0.3) is 0 Å². The number of carbonyl (C=O) groups excluding carboxylic acids is 2. The largest absolute Gasteiger partial charge is 0.496 e. The molecule has 0 bridgehead atoms. The van der Waals surface area contributed by atoms with E-state index in [-0.39, 0.29) is 28.4 Å². The van der Waals surface area contributed by atoms with Crippen LogP contribution in [0, 0.1) is 26.1 Å². The summed E-state index contributed by atoms with van der Waals surface area (Å²) in [4.78, 5) is 46.4. The minimum atomic E-state index is -1.61. The van der Waals surface area contributed by atoms with Crippen molar-refractivity contribution < 1.29 is 38.4 Å². The van der Waals surface area contributed by atoms with E-state index >= 15 is 0 Å². The van der Waals surface area contributed by atoms with Crippen molar-refractivity contribution in [3.8, 4) is 17.2 Å². The molecule has 0 aromatic heterocycles. The van der Waals surface area contributed by atoms with E-state index in [0.29, 0.717) is 0 Å². The third kappa shape index (κ3) is 3.70. The van der Waals surface area contributed by atoms with Crippen LogP contribution in [0.1, 0.15) is 17.0 Å². The van der Waals surface area contributed by atoms with Gasteiger partial charge < -0.3 is 18.9 Å². The molecule has 12 heteroatoms. The number of fused-ring (bicyclic) bond motifs is 1. The predicted molar refractivity (Wildman–Crippen MR) is 102 cm³/mol. The van der Waals surface area contributed by atoms with Crippen molar-refractivity contribution in [2.75, 3.05) is 21.3 Å². The van der Waals surface area contributed by atoms with Gasteiger partial charge in [-0.05, 0) is 6.07 Å². The minimum Gasteiger partial charge on any atom is -0.496 e. The van der Waals surface area contributed by atoms with Crippen LogP contribution in [0.2, 0.25) is 0 Å². The van der Waals surface area contributed by atoms with Crippen LogP contribution in [0.4, 0.5) is 11.4 Å². The summed E-state index contributed by atoms with van der Waals surface area (Å²) in [6.07, 6.45) is 0. The van der Waals surface area contributed by atoms with E-state index in [9.17, 15) is 29.8 Å². The molecule has 0 saturated heterocycles. The van der Waals surface area contributed by atoms with Crippen molar-refractivity contribution in [1.29, 1.82) is 0 Å². The lowest BCUT2D eigenvalue weighted by Crippen LogP contribution is -2.39. The van der Waals surface area contributed by atoms with Crippen molar-refractivity contribution in [2.45, 2.75) is 5.92 Å². The summed E-state index contributed by atoms with van der Waals surface area (Å²) in [5.41, 5.74) is -1.13. The maximum Gasteiger partial charge on any atom is 0.326 e. The fourth-order valence-electron chi connectivity index (χ4n) is 3.49. The average Bonchev–Trinajstić information content (AvgIpc) is 2.76. The van der Waals surface area contributed by atoms with E-state index < -0.39 is 45.0 Å². The molecule has 3 rings (SSSR count). The van der Waals surface area contributed by atoms with E-state index in [0.717, 1.165) is 25.3 Å². The first-order valence-electron chi connectivity index (χ1n) is 8.71. The van der Waals surface area contributed by atoms with Gasteiger partial charge in [0.15, 0.2) is 5.92 Å². The molecule has 31 heavy (non-hydrogen) atoms. The summed E-state index contributed by atoms with van der Waals surface area (Å²) >= 11 is 0. The van der Waals surface area contributed by atoms with Crippen LogP contribution in [-0.2, 0) is 14.3 Å². The molecule has 0 spiro atoms. The van der Waals surface area contributed by atoms with E-state index in [1.807, 2.05) is 0 Å². The first kappa shape index (κ1) is 21.5. The topological polar surface area (TPSA) is 157 Å². The highest BCUT2D eigenvalue weighted by Gasteiger charge is 2.48. The van der Waals surface area contributed by atoms with Crippen LogP contribution >= 0.6 is 0 Å². The number of rotatable bonds is 6. The van der Waals surface area contributed by atoms with Crippen molar-refractivity contribution in [3.63, 3.8) is 0 Å². The van der Waals surface area contributed by atoms with Gasteiger partial charge >= 0.3 is 11.9 Å². The molecule has 12 nitrogen and oxygen atoms in total. The minimum absolute atomic E-state index is 0.0287. The third-order valence-corrected chi connectivity index (χ3v) is 4.85. The maximum atomic E-state index is 12.7. The molecule has 2 aromatic rings. The number of benzene rings is 2. The Kier molecular flexibility index (Phi) is 5.72. The van der Waals surface area contributed by atoms with E-state index in [4.69, 9.17) is 18.9 Å². The molecule has 1 aliphatic rings. The Morgan fingerprint density at radius 3 is 2.29 bits per heavy atom. The van der Waals surface area contributed by atoms with Gasteiger partial charge in [-0.15, -0.1) is 0 Å². The van der Waals surface area contributed by atoms with Crippen LogP contribution < -0.4 is 14.2 Å². The summed E-state index contributed by atoms with van der Waals surface area (Å²) < 4.78 is 20.5. The van der Waals surface area contributed by atoms with Gasteiger partial charge in [-0.25, -0.2) is 0 Å². The Morgan fingerprint density at radius 1 is 1.03 bits per heavy atom. The number of esters is 2. The highest BCUT2D eigenvalue weighted by molar-refractivity contribution is 5.99. The molecule has 0 aliphatic carbocycles. The second-order valence-corrected chi connectivity index (χ2v) is 6.40. The second-order valence-electron chi connectivity index (χ2n) is 6.40. The molecule has 2 aromatic carbocycles. The number of hydrogen-bond acceptors (Lipinski definition) is 10. The van der Waals surface area contributed by atoms with Gasteiger partial charge in [0.05, 0.1) is 37.2 Å². The summed E-state index contributed by atoms with van der Waals surface area (Å²) in [6.45, 7) is 0. The van der Waals surface area contributed by atoms with E-state index in [2.05, 4.69) is 0 Å². The summed E-state index contributed by atoms with van der Waals surface area (Å²) in [5.74, 6) is -4.51. The SMILES string of the molecule is COC(=O)[C@@H]1C(=O)Oc2cc(OC)cc(OC)c2[C@H]1c1ccc([N+](=O)[O-])cc1[N+](=O)[O-]. The molecule has 0 saturated carbocycles. The Bertz CT molecular complexity index is 1100. The van der Waals surface area contributed by atoms with Crippen LogP contribution in [0.3, 0.4) is 0 Å². The molecule has 162 valence electrons. The monoisotopic (exact) mass is 432 g/mol. The smallest absolute Gasteiger partial charge is 0.326 e. The first-order chi connectivity index (χ1) is 14.7. The van der Waals surface area contributed by atoms with Gasteiger partial charge in [0.1, 0.15) is 17.2 Å². The molecule has 2 atom stereocenters. The Balaban J connectivity index is 2.37. The lowest BCUT2D eigenvalue weighted by Gasteiger charge is -2.31. The normalized spacial score (nSPS) is 17.2. The second kappa shape index (κ2) is 8.26. The molecule has 0 amide bonds. The van der Waals surface area contributed by atoms with Gasteiger partial charge in [-0.1, -0.05) is 0 Å². The number of carbonyl (C=O) groups is 2. The summed E-state index contributed by atoms with van der Waals surface area (Å²) in [6, 6.07) is 5.76. The number of nitrogens with zero attached hydrogens (tertiary/aromatic N) is 2. The molecule has 0 fully saturated rings. The fraction of sp³-hybridized carbons (Fsp3) is 0.263. The molecule has 1 heterocycles. The van der Waals surface area contributed by atoms with Crippen molar-refractivity contribution in [1.82, 2.24) is 0 Å². The third-order valence-electron chi connectivity index (χ3n) is 4.85. The van der Waals surface area contributed by atoms with Crippen LogP contribution in [0.15, 0.2) is 30.3 Å². The van der Waals surface area contributed by atoms with Gasteiger partial charge in [-0.3, -0.25) is 29.8 Å². The molecule has 0 unspecified atom stereocenters. The fourth-order valence-corrected chi connectivity index (χ4v) is 3.49. The van der Waals surface area contributed by atoms with Crippen LogP contribution in [-0.4, -0.2) is 43.1 Å².